The molecule has 1 heterocycles. The van der Waals surface area contributed by atoms with Crippen LogP contribution in [0.2, 0.25) is 0 Å². The molecule has 0 amide bonds. The van der Waals surface area contributed by atoms with Crippen molar-refractivity contribution in [2.45, 2.75) is 12.2 Å². The first kappa shape index (κ1) is 11.2. The molecule has 0 aromatic heterocycles. The van der Waals surface area contributed by atoms with Crippen molar-refractivity contribution in [3.8, 4) is 5.75 Å². The van der Waals surface area contributed by atoms with Gasteiger partial charge in [-0.2, -0.15) is 13.2 Å². The molecule has 1 aromatic rings. The second-order valence-electron chi connectivity index (χ2n) is 3.52. The summed E-state index contributed by atoms with van der Waals surface area (Å²) in [7, 11) is 1.60. The molecule has 1 aliphatic heterocycles. The Bertz CT molecular complexity index is 416. The fraction of sp³-hybridized carbons (Fsp3) is 0.400. The molecular formula is C10H9F4NO. The first-order chi connectivity index (χ1) is 7.43. The molecule has 6 heteroatoms. The zero-order valence-corrected chi connectivity index (χ0v) is 8.36. The Morgan fingerprint density at radius 1 is 1.38 bits per heavy atom. The molecule has 0 saturated heterocycles. The summed E-state index contributed by atoms with van der Waals surface area (Å²) < 4.78 is 55.6. The molecule has 1 unspecified atom stereocenters. The standard InChI is InChI=1S/C10H9F4NO/c1-15-7-4-16-8-3-5(10(12,13)14)2-6(11)9(7)8/h2-3,7,15H,4H2,1H3. The van der Waals surface area contributed by atoms with Gasteiger partial charge in [0, 0.05) is 0 Å². The number of likely N-dealkylation sites (N-methyl/N-ethyl adjacent to an activating group) is 1. The summed E-state index contributed by atoms with van der Waals surface area (Å²) in [5, 5.41) is 2.77. The molecule has 1 N–H and O–H groups in total. The Kier molecular flexibility index (Phi) is 2.53. The van der Waals surface area contributed by atoms with Crippen LogP contribution in [0.25, 0.3) is 0 Å². The molecule has 0 saturated carbocycles. The largest absolute Gasteiger partial charge is 0.491 e. The minimum atomic E-state index is -4.56. The second-order valence-corrected chi connectivity index (χ2v) is 3.52. The molecule has 0 bridgehead atoms. The van der Waals surface area contributed by atoms with Crippen LogP contribution in [0.4, 0.5) is 17.6 Å². The lowest BCUT2D eigenvalue weighted by atomic mass is 10.0. The Balaban J connectivity index is 2.50. The topological polar surface area (TPSA) is 21.3 Å². The number of ether oxygens (including phenoxy) is 1. The third-order valence-corrected chi connectivity index (χ3v) is 2.52. The van der Waals surface area contributed by atoms with Gasteiger partial charge in [0.1, 0.15) is 18.2 Å². The molecule has 1 atom stereocenters. The van der Waals surface area contributed by atoms with E-state index in [4.69, 9.17) is 4.74 Å². The van der Waals surface area contributed by atoms with Gasteiger partial charge in [0.05, 0.1) is 17.2 Å². The highest BCUT2D eigenvalue weighted by atomic mass is 19.4. The summed E-state index contributed by atoms with van der Waals surface area (Å²) in [6.07, 6.45) is -4.56. The van der Waals surface area contributed by atoms with Crippen LogP contribution >= 0.6 is 0 Å². The van der Waals surface area contributed by atoms with Crippen LogP contribution in [-0.4, -0.2) is 13.7 Å². The Morgan fingerprint density at radius 3 is 2.62 bits per heavy atom. The van der Waals surface area contributed by atoms with E-state index in [0.29, 0.717) is 6.07 Å². The average molecular weight is 235 g/mol. The molecular weight excluding hydrogens is 226 g/mol. The van der Waals surface area contributed by atoms with E-state index in [-0.39, 0.29) is 17.9 Å². The average Bonchev–Trinajstić information content (AvgIpc) is 2.59. The fourth-order valence-electron chi connectivity index (χ4n) is 1.70. The van der Waals surface area contributed by atoms with Gasteiger partial charge in [-0.3, -0.25) is 0 Å². The molecule has 16 heavy (non-hydrogen) atoms. The van der Waals surface area contributed by atoms with Crippen LogP contribution in [-0.2, 0) is 6.18 Å². The third-order valence-electron chi connectivity index (χ3n) is 2.52. The number of fused-ring (bicyclic) bond motifs is 1. The van der Waals surface area contributed by atoms with Crippen LogP contribution < -0.4 is 10.1 Å². The maximum Gasteiger partial charge on any atom is 0.416 e. The van der Waals surface area contributed by atoms with Gasteiger partial charge in [0.25, 0.3) is 0 Å². The fourth-order valence-corrected chi connectivity index (χ4v) is 1.70. The number of hydrogen-bond acceptors (Lipinski definition) is 2. The zero-order chi connectivity index (χ0) is 11.9. The van der Waals surface area contributed by atoms with Gasteiger partial charge in [-0.05, 0) is 19.2 Å². The van der Waals surface area contributed by atoms with Crippen LogP contribution in [0.3, 0.4) is 0 Å². The van der Waals surface area contributed by atoms with E-state index in [0.717, 1.165) is 6.07 Å². The summed E-state index contributed by atoms with van der Waals surface area (Å²) in [5.74, 6) is -0.923. The Morgan fingerprint density at radius 2 is 2.06 bits per heavy atom. The first-order valence-electron chi connectivity index (χ1n) is 4.64. The quantitative estimate of drug-likeness (QED) is 0.755. The maximum absolute atomic E-state index is 13.5. The predicted octanol–water partition coefficient (Wildman–Crippen LogP) is 2.50. The van der Waals surface area contributed by atoms with E-state index >= 15 is 0 Å². The summed E-state index contributed by atoms with van der Waals surface area (Å²) in [6, 6.07) is 0.936. The molecule has 88 valence electrons. The van der Waals surface area contributed by atoms with Gasteiger partial charge in [-0.25, -0.2) is 4.39 Å². The van der Waals surface area contributed by atoms with Crippen molar-refractivity contribution in [1.82, 2.24) is 5.32 Å². The van der Waals surface area contributed by atoms with Gasteiger partial charge in [0.2, 0.25) is 0 Å². The highest BCUT2D eigenvalue weighted by Gasteiger charge is 2.35. The monoisotopic (exact) mass is 235 g/mol. The molecule has 0 aliphatic carbocycles. The number of hydrogen-bond donors (Lipinski definition) is 1. The van der Waals surface area contributed by atoms with E-state index in [2.05, 4.69) is 5.32 Å². The summed E-state index contributed by atoms with van der Waals surface area (Å²) in [5.41, 5.74) is -0.865. The molecule has 0 radical (unpaired) electrons. The van der Waals surface area contributed by atoms with Crippen molar-refractivity contribution in [2.24, 2.45) is 0 Å². The van der Waals surface area contributed by atoms with E-state index in [1.165, 1.54) is 0 Å². The normalized spacial score (nSPS) is 19.4. The number of halogens is 4. The van der Waals surface area contributed by atoms with Crippen LogP contribution in [0.5, 0.6) is 5.75 Å². The van der Waals surface area contributed by atoms with E-state index in [1.807, 2.05) is 0 Å². The second kappa shape index (κ2) is 3.62. The SMILES string of the molecule is CNC1COc2cc(C(F)(F)F)cc(F)c21. The lowest BCUT2D eigenvalue weighted by Gasteiger charge is -2.11. The van der Waals surface area contributed by atoms with Crippen molar-refractivity contribution in [3.63, 3.8) is 0 Å². The minimum absolute atomic E-state index is 0.0355. The van der Waals surface area contributed by atoms with Crippen molar-refractivity contribution in [3.05, 3.63) is 29.1 Å². The number of benzene rings is 1. The highest BCUT2D eigenvalue weighted by molar-refractivity contribution is 5.44. The Labute approximate surface area is 89.2 Å². The third kappa shape index (κ3) is 1.73. The van der Waals surface area contributed by atoms with Crippen LogP contribution in [0, 0.1) is 5.82 Å². The molecule has 0 spiro atoms. The van der Waals surface area contributed by atoms with Crippen LogP contribution in [0.15, 0.2) is 12.1 Å². The van der Waals surface area contributed by atoms with E-state index < -0.39 is 23.6 Å². The van der Waals surface area contributed by atoms with Gasteiger partial charge in [0.15, 0.2) is 0 Å². The zero-order valence-electron chi connectivity index (χ0n) is 8.36. The molecule has 2 rings (SSSR count). The molecule has 1 aromatic carbocycles. The summed E-state index contributed by atoms with van der Waals surface area (Å²) >= 11 is 0. The number of rotatable bonds is 1. The smallest absolute Gasteiger partial charge is 0.416 e. The number of nitrogens with one attached hydrogen (secondary N) is 1. The van der Waals surface area contributed by atoms with Crippen molar-refractivity contribution in [2.75, 3.05) is 13.7 Å². The minimum Gasteiger partial charge on any atom is -0.491 e. The van der Waals surface area contributed by atoms with Gasteiger partial charge in [-0.15, -0.1) is 0 Å². The van der Waals surface area contributed by atoms with Crippen LogP contribution in [0.1, 0.15) is 17.2 Å². The van der Waals surface area contributed by atoms with Crippen molar-refractivity contribution >= 4 is 0 Å². The van der Waals surface area contributed by atoms with Crippen molar-refractivity contribution < 1.29 is 22.3 Å². The Hall–Kier alpha value is -1.30. The predicted molar refractivity (Wildman–Crippen MR) is 48.7 cm³/mol. The summed E-state index contributed by atoms with van der Waals surface area (Å²) in [4.78, 5) is 0. The maximum atomic E-state index is 13.5. The van der Waals surface area contributed by atoms with Crippen molar-refractivity contribution in [1.29, 1.82) is 0 Å². The van der Waals surface area contributed by atoms with E-state index in [9.17, 15) is 17.6 Å². The lowest BCUT2D eigenvalue weighted by Crippen LogP contribution is -2.18. The lowest BCUT2D eigenvalue weighted by molar-refractivity contribution is -0.137. The van der Waals surface area contributed by atoms with Gasteiger partial charge in [-0.1, -0.05) is 0 Å². The van der Waals surface area contributed by atoms with Gasteiger partial charge < -0.3 is 10.1 Å². The van der Waals surface area contributed by atoms with E-state index in [1.54, 1.807) is 7.05 Å². The van der Waals surface area contributed by atoms with Gasteiger partial charge >= 0.3 is 6.18 Å². The molecule has 0 fully saturated rings. The first-order valence-corrected chi connectivity index (χ1v) is 4.64. The number of alkyl halides is 3. The summed E-state index contributed by atoms with van der Waals surface area (Å²) in [6.45, 7) is 0.143. The highest BCUT2D eigenvalue weighted by Crippen LogP contribution is 2.39. The molecule has 1 aliphatic rings. The molecule has 2 nitrogen and oxygen atoms in total.